The predicted octanol–water partition coefficient (Wildman–Crippen LogP) is 2.34. The molecular weight excluding hydrogens is 406 g/mol. The van der Waals surface area contributed by atoms with Crippen molar-refractivity contribution in [3.63, 3.8) is 0 Å². The molecule has 0 bridgehead atoms. The fourth-order valence-corrected chi connectivity index (χ4v) is 4.20. The Hall–Kier alpha value is -3.34. The van der Waals surface area contributed by atoms with Crippen LogP contribution in [0, 0.1) is 6.92 Å². The van der Waals surface area contributed by atoms with Gasteiger partial charge in [0.2, 0.25) is 5.95 Å². The van der Waals surface area contributed by atoms with E-state index in [9.17, 15) is 13.6 Å². The zero-order chi connectivity index (χ0) is 21.9. The summed E-state index contributed by atoms with van der Waals surface area (Å²) in [7, 11) is 3.20. The third-order valence-corrected chi connectivity index (χ3v) is 5.88. The molecule has 9 nitrogen and oxygen atoms in total. The number of piperidine rings is 1. The third kappa shape index (κ3) is 3.16. The van der Waals surface area contributed by atoms with Crippen LogP contribution in [0.2, 0.25) is 0 Å². The normalized spacial score (nSPS) is 19.3. The highest BCUT2D eigenvalue weighted by Crippen LogP contribution is 2.37. The highest BCUT2D eigenvalue weighted by molar-refractivity contribution is 5.73. The molecule has 31 heavy (non-hydrogen) atoms. The molecule has 5 rings (SSSR count). The van der Waals surface area contributed by atoms with Gasteiger partial charge in [0.25, 0.3) is 5.92 Å². The van der Waals surface area contributed by atoms with E-state index in [1.165, 1.54) is 10.8 Å². The van der Waals surface area contributed by atoms with Crippen molar-refractivity contribution in [1.82, 2.24) is 33.4 Å². The van der Waals surface area contributed by atoms with Crippen molar-refractivity contribution in [1.29, 1.82) is 0 Å². The molecule has 1 saturated heterocycles. The maximum absolute atomic E-state index is 14.9. The number of fused-ring (bicyclic) bond motifs is 2. The minimum absolute atomic E-state index is 0.158. The molecule has 4 aromatic heterocycles. The number of hydrogen-bond donors (Lipinski definition) is 1. The minimum atomic E-state index is -3.05. The van der Waals surface area contributed by atoms with E-state index in [2.05, 4.69) is 20.3 Å². The van der Waals surface area contributed by atoms with Crippen molar-refractivity contribution in [2.45, 2.75) is 25.3 Å². The Morgan fingerprint density at radius 3 is 2.84 bits per heavy atom. The zero-order valence-corrected chi connectivity index (χ0v) is 17.4. The quantitative estimate of drug-likeness (QED) is 0.539. The van der Waals surface area contributed by atoms with Gasteiger partial charge in [0.1, 0.15) is 17.2 Å². The lowest BCUT2D eigenvalue weighted by atomic mass is 10.0. The van der Waals surface area contributed by atoms with E-state index in [4.69, 9.17) is 0 Å². The van der Waals surface area contributed by atoms with Crippen LogP contribution in [0.25, 0.3) is 16.8 Å². The van der Waals surface area contributed by atoms with Crippen LogP contribution in [0.3, 0.4) is 0 Å². The number of nitrogens with one attached hydrogen (secondary N) is 1. The number of pyridine rings is 1. The molecule has 1 N–H and O–H groups in total. The number of imidazole rings is 2. The lowest BCUT2D eigenvalue weighted by molar-refractivity contribution is -0.0979. The van der Waals surface area contributed by atoms with Crippen molar-refractivity contribution in [2.75, 3.05) is 25.5 Å². The van der Waals surface area contributed by atoms with Crippen LogP contribution in [0.15, 0.2) is 35.6 Å². The molecule has 0 radical (unpaired) electrons. The molecule has 0 saturated carbocycles. The number of aryl methyl sites for hydroxylation is 2. The molecule has 1 aliphatic rings. The Morgan fingerprint density at radius 2 is 2.06 bits per heavy atom. The Balaban J connectivity index is 1.60. The maximum atomic E-state index is 14.9. The summed E-state index contributed by atoms with van der Waals surface area (Å²) >= 11 is 0. The highest BCUT2D eigenvalue weighted by atomic mass is 19.3. The van der Waals surface area contributed by atoms with Crippen molar-refractivity contribution >= 4 is 28.4 Å². The first-order valence-corrected chi connectivity index (χ1v) is 9.95. The third-order valence-electron chi connectivity index (χ3n) is 5.88. The second kappa shape index (κ2) is 6.84. The second-order valence-corrected chi connectivity index (χ2v) is 8.11. The van der Waals surface area contributed by atoms with Gasteiger partial charge in [-0.1, -0.05) is 0 Å². The van der Waals surface area contributed by atoms with E-state index in [0.717, 1.165) is 21.5 Å². The first-order chi connectivity index (χ1) is 14.7. The van der Waals surface area contributed by atoms with E-state index in [1.54, 1.807) is 25.2 Å². The van der Waals surface area contributed by atoms with E-state index in [1.807, 2.05) is 29.8 Å². The Morgan fingerprint density at radius 1 is 1.26 bits per heavy atom. The largest absolute Gasteiger partial charge is 0.330 e. The van der Waals surface area contributed by atoms with Gasteiger partial charge in [-0.3, -0.25) is 9.13 Å². The van der Waals surface area contributed by atoms with Crippen LogP contribution in [-0.2, 0) is 7.05 Å². The van der Waals surface area contributed by atoms with Gasteiger partial charge >= 0.3 is 5.69 Å². The van der Waals surface area contributed by atoms with Crippen molar-refractivity contribution < 1.29 is 8.78 Å². The lowest BCUT2D eigenvalue weighted by Crippen LogP contribution is -2.49. The predicted molar refractivity (Wildman–Crippen MR) is 112 cm³/mol. The topological polar surface area (TPSA) is 85.3 Å². The van der Waals surface area contributed by atoms with E-state index >= 15 is 0 Å². The summed E-state index contributed by atoms with van der Waals surface area (Å²) in [4.78, 5) is 27.5. The summed E-state index contributed by atoms with van der Waals surface area (Å²) in [5, 5.41) is 3.14. The minimum Gasteiger partial charge on any atom is -0.323 e. The van der Waals surface area contributed by atoms with Gasteiger partial charge in [0.15, 0.2) is 5.65 Å². The summed E-state index contributed by atoms with van der Waals surface area (Å²) in [5.41, 5.74) is 2.56. The molecule has 0 aromatic carbocycles. The second-order valence-electron chi connectivity index (χ2n) is 8.11. The number of hydrogen-bond acceptors (Lipinski definition) is 6. The molecule has 0 unspecified atom stereocenters. The van der Waals surface area contributed by atoms with E-state index in [-0.39, 0.29) is 18.0 Å². The molecule has 0 aliphatic carbocycles. The number of halogens is 2. The van der Waals surface area contributed by atoms with E-state index < -0.39 is 24.2 Å². The van der Waals surface area contributed by atoms with Crippen molar-refractivity contribution in [3.05, 3.63) is 46.9 Å². The number of alkyl halides is 2. The standard InChI is InChI=1S/C20H22F2N8O/c1-12-8-16-23-5-7-29(16)10-13(12)25-18-24-9-14-17(26-18)30(19(31)28(14)3)15-4-6-27(2)11-20(15,21)22/h5,7-10,15H,4,6,11H2,1-3H3,(H,24,25,26)/t15-/m0/s1. The van der Waals surface area contributed by atoms with Gasteiger partial charge in [-0.2, -0.15) is 4.98 Å². The number of anilines is 2. The van der Waals surface area contributed by atoms with Crippen LogP contribution >= 0.6 is 0 Å². The average Bonchev–Trinajstić information content (AvgIpc) is 3.24. The van der Waals surface area contributed by atoms with Gasteiger partial charge in [-0.15, -0.1) is 0 Å². The molecule has 5 heterocycles. The van der Waals surface area contributed by atoms with Gasteiger partial charge < -0.3 is 14.6 Å². The Kier molecular flexibility index (Phi) is 4.33. The summed E-state index contributed by atoms with van der Waals surface area (Å²) < 4.78 is 34.0. The van der Waals surface area contributed by atoms with Crippen LogP contribution < -0.4 is 11.0 Å². The number of likely N-dealkylation sites (tertiary alicyclic amines) is 1. The molecule has 0 amide bonds. The highest BCUT2D eigenvalue weighted by Gasteiger charge is 2.46. The smallest absolute Gasteiger partial charge is 0.323 e. The van der Waals surface area contributed by atoms with Gasteiger partial charge in [0, 0.05) is 32.2 Å². The molecule has 1 fully saturated rings. The summed E-state index contributed by atoms with van der Waals surface area (Å²) in [6, 6.07) is 0.657. The van der Waals surface area contributed by atoms with Crippen LogP contribution in [0.5, 0.6) is 0 Å². The number of aromatic nitrogens is 6. The first kappa shape index (κ1) is 19.6. The monoisotopic (exact) mass is 428 g/mol. The summed E-state index contributed by atoms with van der Waals surface area (Å²) in [6.45, 7) is 2.00. The zero-order valence-electron chi connectivity index (χ0n) is 17.4. The van der Waals surface area contributed by atoms with Gasteiger partial charge in [-0.05, 0) is 32.0 Å². The SMILES string of the molecule is Cc1cc2nccn2cc1Nc1ncc2c(n1)n([C@H]1CCN(C)CC1(F)F)c(=O)n2C. The van der Waals surface area contributed by atoms with Crippen LogP contribution in [0.1, 0.15) is 18.0 Å². The fraction of sp³-hybridized carbons (Fsp3) is 0.400. The van der Waals surface area contributed by atoms with Crippen molar-refractivity contribution in [2.24, 2.45) is 7.05 Å². The lowest BCUT2D eigenvalue weighted by Gasteiger charge is -2.36. The molecular formula is C20H22F2N8O. The van der Waals surface area contributed by atoms with E-state index in [0.29, 0.717) is 12.1 Å². The summed E-state index contributed by atoms with van der Waals surface area (Å²) in [5.74, 6) is -2.82. The fourth-order valence-electron chi connectivity index (χ4n) is 4.20. The molecule has 11 heteroatoms. The van der Waals surface area contributed by atoms with Crippen molar-refractivity contribution in [3.8, 4) is 0 Å². The molecule has 0 spiro atoms. The Labute approximate surface area is 176 Å². The van der Waals surface area contributed by atoms with Crippen LogP contribution in [-0.4, -0.2) is 59.4 Å². The van der Waals surface area contributed by atoms with Crippen LogP contribution in [0.4, 0.5) is 20.4 Å². The molecule has 1 aliphatic heterocycles. The van der Waals surface area contributed by atoms with Gasteiger partial charge in [0.05, 0.1) is 18.4 Å². The maximum Gasteiger partial charge on any atom is 0.330 e. The number of rotatable bonds is 3. The first-order valence-electron chi connectivity index (χ1n) is 9.95. The molecule has 4 aromatic rings. The molecule has 1 atom stereocenters. The average molecular weight is 428 g/mol. The Bertz CT molecular complexity index is 1350. The van der Waals surface area contributed by atoms with Gasteiger partial charge in [-0.25, -0.2) is 23.5 Å². The number of nitrogens with zero attached hydrogens (tertiary/aromatic N) is 7. The summed E-state index contributed by atoms with van der Waals surface area (Å²) in [6.07, 6.45) is 7.02. The molecule has 162 valence electrons.